The number of hydrogen-bond acceptors (Lipinski definition) is 1. The van der Waals surface area contributed by atoms with Gasteiger partial charge in [-0.25, -0.2) is 4.39 Å². The number of phenolic OH excluding ortho intramolecular Hbond substituents is 1. The Morgan fingerprint density at radius 2 is 2.00 bits per heavy atom. The van der Waals surface area contributed by atoms with Crippen LogP contribution in [0.2, 0.25) is 0 Å². The van der Waals surface area contributed by atoms with E-state index in [-0.39, 0.29) is 38.3 Å². The fourth-order valence-corrected chi connectivity index (χ4v) is 0.580. The molecule has 0 aliphatic rings. The van der Waals surface area contributed by atoms with Crippen molar-refractivity contribution in [3.63, 3.8) is 0 Å². The molecule has 0 fully saturated rings. The molecule has 4 heteroatoms. The van der Waals surface area contributed by atoms with Gasteiger partial charge in [0, 0.05) is 44.3 Å². The van der Waals surface area contributed by atoms with E-state index in [0.29, 0.717) is 0 Å². The average Bonchev–Trinajstić information content (AvgIpc) is 1.93. The van der Waals surface area contributed by atoms with E-state index >= 15 is 0 Å². The van der Waals surface area contributed by atoms with Gasteiger partial charge in [-0.1, -0.05) is 6.92 Å². The molecule has 1 rings (SSSR count). The average molecular weight is 232 g/mol. The molecule has 0 amide bonds. The Labute approximate surface area is 88.3 Å². The van der Waals surface area contributed by atoms with Crippen LogP contribution in [0.3, 0.4) is 0 Å². The summed E-state index contributed by atoms with van der Waals surface area (Å²) in [6, 6.07) is 3.20. The molecule has 0 heterocycles. The van der Waals surface area contributed by atoms with Gasteiger partial charge in [0.1, 0.15) is 0 Å². The first-order valence-corrected chi connectivity index (χ1v) is 2.68. The van der Waals surface area contributed by atoms with Crippen LogP contribution in [-0.4, -0.2) is 5.11 Å². The quantitative estimate of drug-likeness (QED) is 0.676. The molecule has 0 atom stereocenters. The third-order valence-corrected chi connectivity index (χ3v) is 1.19. The summed E-state index contributed by atoms with van der Waals surface area (Å²) >= 11 is 0. The van der Waals surface area contributed by atoms with Gasteiger partial charge in [0.05, 0.1) is 5.82 Å². The standard InChI is InChI=1S/C7H5F2O.Y/c1-4-2-3-5(8)6(9)7(4)10;/h2,10H,1H3;/q-1;. The summed E-state index contributed by atoms with van der Waals surface area (Å²) in [6.45, 7) is 1.47. The monoisotopic (exact) mass is 232 g/mol. The van der Waals surface area contributed by atoms with Crippen LogP contribution in [0.15, 0.2) is 6.07 Å². The minimum Gasteiger partial charge on any atom is -0.530 e. The molecule has 1 N–H and O–H groups in total. The molecule has 0 saturated heterocycles. The SMILES string of the molecule is Cc1c[c-]c(F)c(F)c1O.[Y]. The van der Waals surface area contributed by atoms with Crippen molar-refractivity contribution in [3.8, 4) is 5.75 Å². The summed E-state index contributed by atoms with van der Waals surface area (Å²) in [5.41, 5.74) is 0.277. The summed E-state index contributed by atoms with van der Waals surface area (Å²) in [4.78, 5) is 0. The number of rotatable bonds is 0. The third kappa shape index (κ3) is 2.21. The Balaban J connectivity index is 0.000001000. The van der Waals surface area contributed by atoms with Gasteiger partial charge in [-0.3, -0.25) is 4.39 Å². The Morgan fingerprint density at radius 1 is 1.45 bits per heavy atom. The van der Waals surface area contributed by atoms with E-state index in [4.69, 9.17) is 5.11 Å². The summed E-state index contributed by atoms with van der Waals surface area (Å²) in [5, 5.41) is 8.75. The minimum absolute atomic E-state index is 0. The second kappa shape index (κ2) is 4.12. The molecule has 0 bridgehead atoms. The van der Waals surface area contributed by atoms with Crippen molar-refractivity contribution in [1.29, 1.82) is 0 Å². The predicted octanol–water partition coefficient (Wildman–Crippen LogP) is 1.78. The molecule has 1 aromatic rings. The fraction of sp³-hybridized carbons (Fsp3) is 0.143. The van der Waals surface area contributed by atoms with Crippen LogP contribution in [0.25, 0.3) is 0 Å². The molecular formula is C7H5F2OY-. The second-order valence-corrected chi connectivity index (χ2v) is 1.95. The van der Waals surface area contributed by atoms with Crippen LogP contribution in [-0.2, 0) is 32.7 Å². The molecule has 57 valence electrons. The number of phenols is 1. The zero-order valence-electron chi connectivity index (χ0n) is 5.86. The first-order chi connectivity index (χ1) is 4.63. The molecule has 1 nitrogen and oxygen atoms in total. The van der Waals surface area contributed by atoms with Gasteiger partial charge in [-0.05, 0) is 0 Å². The Hall–Kier alpha value is -0.0161. The second-order valence-electron chi connectivity index (χ2n) is 1.95. The van der Waals surface area contributed by atoms with Gasteiger partial charge in [0.25, 0.3) is 0 Å². The minimum atomic E-state index is -1.24. The van der Waals surface area contributed by atoms with Gasteiger partial charge >= 0.3 is 0 Å². The Bertz CT molecular complexity index is 236. The van der Waals surface area contributed by atoms with Crippen molar-refractivity contribution in [3.05, 3.63) is 29.3 Å². The van der Waals surface area contributed by atoms with Crippen LogP contribution in [0.1, 0.15) is 5.56 Å². The van der Waals surface area contributed by atoms with Crippen molar-refractivity contribution < 1.29 is 46.6 Å². The summed E-state index contributed by atoms with van der Waals surface area (Å²) in [7, 11) is 0. The molecule has 0 saturated carbocycles. The van der Waals surface area contributed by atoms with E-state index in [0.717, 1.165) is 0 Å². The van der Waals surface area contributed by atoms with Crippen LogP contribution in [0.4, 0.5) is 8.78 Å². The number of halogens is 2. The third-order valence-electron chi connectivity index (χ3n) is 1.19. The maximum absolute atomic E-state index is 12.3. The van der Waals surface area contributed by atoms with Crippen LogP contribution in [0, 0.1) is 24.6 Å². The smallest absolute Gasteiger partial charge is 0.0843 e. The predicted molar refractivity (Wildman–Crippen MR) is 31.6 cm³/mol. The molecule has 1 aromatic carbocycles. The first-order valence-electron chi connectivity index (χ1n) is 2.68. The largest absolute Gasteiger partial charge is 0.530 e. The molecule has 0 spiro atoms. The fourth-order valence-electron chi connectivity index (χ4n) is 0.580. The number of benzene rings is 1. The van der Waals surface area contributed by atoms with E-state index in [1.165, 1.54) is 13.0 Å². The Kier molecular flexibility index (Phi) is 4.11. The van der Waals surface area contributed by atoms with Crippen LogP contribution >= 0.6 is 0 Å². The van der Waals surface area contributed by atoms with Gasteiger partial charge in [-0.2, -0.15) is 6.07 Å². The van der Waals surface area contributed by atoms with Gasteiger partial charge in [-0.15, -0.1) is 11.6 Å². The summed E-state index contributed by atoms with van der Waals surface area (Å²) in [6.07, 6.45) is 0. The maximum Gasteiger partial charge on any atom is 0.0843 e. The summed E-state index contributed by atoms with van der Waals surface area (Å²) in [5.74, 6) is -3.03. The van der Waals surface area contributed by atoms with E-state index in [9.17, 15) is 8.78 Å². The van der Waals surface area contributed by atoms with E-state index in [1.54, 1.807) is 0 Å². The van der Waals surface area contributed by atoms with Crippen molar-refractivity contribution in [2.45, 2.75) is 6.92 Å². The summed E-state index contributed by atoms with van der Waals surface area (Å²) < 4.78 is 24.5. The number of hydrogen-bond donors (Lipinski definition) is 1. The van der Waals surface area contributed by atoms with Crippen LogP contribution < -0.4 is 0 Å². The molecule has 0 unspecified atom stereocenters. The van der Waals surface area contributed by atoms with Gasteiger partial charge in [0.2, 0.25) is 0 Å². The zero-order chi connectivity index (χ0) is 7.72. The van der Waals surface area contributed by atoms with E-state index < -0.39 is 17.4 Å². The Morgan fingerprint density at radius 3 is 2.45 bits per heavy atom. The van der Waals surface area contributed by atoms with Crippen molar-refractivity contribution in [2.24, 2.45) is 0 Å². The molecular weight excluding hydrogens is 227 g/mol. The van der Waals surface area contributed by atoms with Crippen molar-refractivity contribution in [2.75, 3.05) is 0 Å². The van der Waals surface area contributed by atoms with Crippen molar-refractivity contribution >= 4 is 0 Å². The van der Waals surface area contributed by atoms with Gasteiger partial charge in [0.15, 0.2) is 0 Å². The number of aromatic hydroxyl groups is 1. The van der Waals surface area contributed by atoms with Gasteiger partial charge < -0.3 is 5.11 Å². The van der Waals surface area contributed by atoms with Crippen LogP contribution in [0.5, 0.6) is 5.75 Å². The molecule has 0 aliphatic carbocycles. The van der Waals surface area contributed by atoms with E-state index in [1.807, 2.05) is 6.07 Å². The first kappa shape index (κ1) is 11.0. The van der Waals surface area contributed by atoms with Crippen molar-refractivity contribution in [1.82, 2.24) is 0 Å². The number of aryl methyl sites for hydroxylation is 1. The normalized spacial score (nSPS) is 9.00. The zero-order valence-corrected chi connectivity index (χ0v) is 8.70. The molecule has 0 aliphatic heterocycles. The van der Waals surface area contributed by atoms with E-state index in [2.05, 4.69) is 0 Å². The molecule has 0 aromatic heterocycles. The molecule has 11 heavy (non-hydrogen) atoms. The molecule has 1 radical (unpaired) electrons. The maximum atomic E-state index is 12.3. The topological polar surface area (TPSA) is 20.2 Å².